The SMILES string of the molecule is CCCCCCCCCC[n+]1cccc2c1CC[C@]1(C)CCN(C)[C@]21C. The van der Waals surface area contributed by atoms with Crippen molar-refractivity contribution in [3.63, 3.8) is 0 Å². The quantitative estimate of drug-likeness (QED) is 0.411. The van der Waals surface area contributed by atoms with E-state index in [1.54, 1.807) is 11.3 Å². The van der Waals surface area contributed by atoms with Gasteiger partial charge in [-0.15, -0.1) is 0 Å². The zero-order valence-electron chi connectivity index (χ0n) is 17.8. The summed E-state index contributed by atoms with van der Waals surface area (Å²) in [5.41, 5.74) is 3.87. The van der Waals surface area contributed by atoms with E-state index in [0.717, 1.165) is 0 Å². The first kappa shape index (κ1) is 19.9. The van der Waals surface area contributed by atoms with Crippen LogP contribution in [0.3, 0.4) is 0 Å². The van der Waals surface area contributed by atoms with Crippen LogP contribution in [0, 0.1) is 5.41 Å². The van der Waals surface area contributed by atoms with Gasteiger partial charge in [-0.1, -0.05) is 52.4 Å². The van der Waals surface area contributed by atoms with Crippen molar-refractivity contribution in [1.29, 1.82) is 0 Å². The lowest BCUT2D eigenvalue weighted by Crippen LogP contribution is -2.53. The van der Waals surface area contributed by atoms with E-state index in [-0.39, 0.29) is 5.54 Å². The van der Waals surface area contributed by atoms with Gasteiger partial charge in [-0.05, 0) is 51.3 Å². The van der Waals surface area contributed by atoms with Gasteiger partial charge in [0.2, 0.25) is 0 Å². The molecule has 2 aliphatic rings. The predicted molar refractivity (Wildman–Crippen MR) is 110 cm³/mol. The van der Waals surface area contributed by atoms with Crippen molar-refractivity contribution in [2.24, 2.45) is 5.41 Å². The van der Waals surface area contributed by atoms with Gasteiger partial charge < -0.3 is 0 Å². The fourth-order valence-corrected chi connectivity index (χ4v) is 5.57. The van der Waals surface area contributed by atoms with Gasteiger partial charge in [0.05, 0.1) is 5.54 Å². The molecule has 2 heteroatoms. The van der Waals surface area contributed by atoms with Crippen LogP contribution in [0.5, 0.6) is 0 Å². The highest BCUT2D eigenvalue weighted by Crippen LogP contribution is 2.56. The number of hydrogen-bond acceptors (Lipinski definition) is 1. The average molecular weight is 358 g/mol. The number of fused-ring (bicyclic) bond motifs is 3. The average Bonchev–Trinajstić information content (AvgIpc) is 2.89. The Hall–Kier alpha value is -0.890. The van der Waals surface area contributed by atoms with Gasteiger partial charge >= 0.3 is 0 Å². The van der Waals surface area contributed by atoms with Crippen molar-refractivity contribution in [2.45, 2.75) is 103 Å². The summed E-state index contributed by atoms with van der Waals surface area (Å²) in [6.07, 6.45) is 17.5. The second-order valence-electron chi connectivity index (χ2n) is 9.34. The van der Waals surface area contributed by atoms with Crippen LogP contribution in [0.25, 0.3) is 0 Å². The van der Waals surface area contributed by atoms with E-state index >= 15 is 0 Å². The molecular weight excluding hydrogens is 316 g/mol. The first-order valence-electron chi connectivity index (χ1n) is 11.3. The highest BCUT2D eigenvalue weighted by Gasteiger charge is 2.57. The molecule has 2 atom stereocenters. The zero-order chi connectivity index (χ0) is 18.6. The maximum Gasteiger partial charge on any atom is 0.186 e. The molecule has 3 rings (SSSR count). The van der Waals surface area contributed by atoms with Crippen LogP contribution >= 0.6 is 0 Å². The van der Waals surface area contributed by atoms with E-state index in [9.17, 15) is 0 Å². The van der Waals surface area contributed by atoms with E-state index < -0.39 is 0 Å². The van der Waals surface area contributed by atoms with Gasteiger partial charge in [0.15, 0.2) is 11.9 Å². The van der Waals surface area contributed by atoms with Crippen LogP contribution in [-0.2, 0) is 18.5 Å². The van der Waals surface area contributed by atoms with Crippen LogP contribution in [0.15, 0.2) is 18.3 Å². The second kappa shape index (κ2) is 8.42. The van der Waals surface area contributed by atoms with Crippen molar-refractivity contribution in [3.05, 3.63) is 29.6 Å². The summed E-state index contributed by atoms with van der Waals surface area (Å²) in [4.78, 5) is 2.62. The Labute approximate surface area is 162 Å². The minimum atomic E-state index is 0.211. The van der Waals surface area contributed by atoms with Crippen LogP contribution in [0.2, 0.25) is 0 Å². The molecule has 0 amide bonds. The second-order valence-corrected chi connectivity index (χ2v) is 9.34. The fraction of sp³-hybridized carbons (Fsp3) is 0.792. The molecule has 1 aromatic rings. The molecule has 0 unspecified atom stereocenters. The molecule has 2 nitrogen and oxygen atoms in total. The maximum absolute atomic E-state index is 2.62. The molecule has 0 spiro atoms. The van der Waals surface area contributed by atoms with Crippen molar-refractivity contribution in [2.75, 3.05) is 13.6 Å². The van der Waals surface area contributed by atoms with E-state index in [0.29, 0.717) is 5.41 Å². The third-order valence-corrected chi connectivity index (χ3v) is 7.81. The summed E-state index contributed by atoms with van der Waals surface area (Å²) in [5.74, 6) is 0. The fourth-order valence-electron chi connectivity index (χ4n) is 5.57. The molecule has 26 heavy (non-hydrogen) atoms. The number of aryl methyl sites for hydroxylation is 1. The Morgan fingerprint density at radius 3 is 2.42 bits per heavy atom. The van der Waals surface area contributed by atoms with Crippen LogP contribution < -0.4 is 4.57 Å². The molecule has 1 aromatic heterocycles. The maximum atomic E-state index is 2.62. The molecule has 0 radical (unpaired) electrons. The number of nitrogens with zero attached hydrogens (tertiary/aromatic N) is 2. The highest BCUT2D eigenvalue weighted by molar-refractivity contribution is 5.33. The summed E-state index contributed by atoms with van der Waals surface area (Å²) in [5, 5.41) is 0. The molecule has 0 aromatic carbocycles. The Balaban J connectivity index is 1.60. The normalized spacial score (nSPS) is 28.2. The van der Waals surface area contributed by atoms with Crippen LogP contribution in [0.4, 0.5) is 0 Å². The third kappa shape index (κ3) is 3.59. The van der Waals surface area contributed by atoms with Gasteiger partial charge in [-0.25, -0.2) is 4.57 Å². The molecule has 0 saturated carbocycles. The molecule has 1 fully saturated rings. The van der Waals surface area contributed by atoms with Gasteiger partial charge in [-0.3, -0.25) is 4.90 Å². The lowest BCUT2D eigenvalue weighted by atomic mass is 9.62. The number of likely N-dealkylation sites (tertiary alicyclic amines) is 1. The predicted octanol–water partition coefficient (Wildman–Crippen LogP) is 5.62. The van der Waals surface area contributed by atoms with E-state index in [2.05, 4.69) is 55.6 Å². The van der Waals surface area contributed by atoms with Crippen molar-refractivity contribution in [3.8, 4) is 0 Å². The first-order chi connectivity index (χ1) is 12.5. The van der Waals surface area contributed by atoms with Crippen molar-refractivity contribution < 1.29 is 4.57 Å². The molecule has 1 saturated heterocycles. The van der Waals surface area contributed by atoms with E-state index in [1.165, 1.54) is 83.7 Å². The lowest BCUT2D eigenvalue weighted by molar-refractivity contribution is -0.705. The van der Waals surface area contributed by atoms with Gasteiger partial charge in [-0.2, -0.15) is 0 Å². The minimum absolute atomic E-state index is 0.211. The number of aromatic nitrogens is 1. The Morgan fingerprint density at radius 1 is 1.00 bits per heavy atom. The van der Waals surface area contributed by atoms with Crippen molar-refractivity contribution >= 4 is 0 Å². The molecular formula is C24H41N2+. The first-order valence-corrected chi connectivity index (χ1v) is 11.3. The Bertz CT molecular complexity index is 596. The number of hydrogen-bond donors (Lipinski definition) is 0. The van der Waals surface area contributed by atoms with E-state index in [1.807, 2.05) is 0 Å². The van der Waals surface area contributed by atoms with Crippen molar-refractivity contribution in [1.82, 2.24) is 4.90 Å². The topological polar surface area (TPSA) is 7.12 Å². The highest BCUT2D eigenvalue weighted by atomic mass is 15.2. The third-order valence-electron chi connectivity index (χ3n) is 7.81. The Kier molecular flexibility index (Phi) is 6.43. The van der Waals surface area contributed by atoms with E-state index in [4.69, 9.17) is 0 Å². The van der Waals surface area contributed by atoms with Crippen LogP contribution in [-0.4, -0.2) is 18.5 Å². The Morgan fingerprint density at radius 2 is 1.69 bits per heavy atom. The molecule has 146 valence electrons. The summed E-state index contributed by atoms with van der Waals surface area (Å²) in [6.45, 7) is 9.76. The smallest absolute Gasteiger partial charge is 0.186 e. The van der Waals surface area contributed by atoms with Gasteiger partial charge in [0.1, 0.15) is 6.54 Å². The molecule has 1 aliphatic heterocycles. The molecule has 0 N–H and O–H groups in total. The van der Waals surface area contributed by atoms with Gasteiger partial charge in [0.25, 0.3) is 0 Å². The summed E-state index contributed by atoms with van der Waals surface area (Å²) < 4.78 is 2.59. The summed E-state index contributed by atoms with van der Waals surface area (Å²) in [7, 11) is 2.33. The van der Waals surface area contributed by atoms with Crippen LogP contribution in [0.1, 0.15) is 96.2 Å². The molecule has 2 heterocycles. The summed E-state index contributed by atoms with van der Waals surface area (Å²) in [6, 6.07) is 4.71. The monoisotopic (exact) mass is 357 g/mol. The number of unbranched alkanes of at least 4 members (excludes halogenated alkanes) is 7. The zero-order valence-corrected chi connectivity index (χ0v) is 17.8. The standard InChI is InChI=1S/C24H41N2/c1-5-6-7-8-9-10-11-12-18-26-19-13-14-21-22(26)15-16-23(2)17-20-25(4)24(21,23)3/h13-14,19H,5-12,15-18,20H2,1-4H3/q+1/t23-,24-/m1/s1. The number of pyridine rings is 1. The van der Waals surface area contributed by atoms with Gasteiger partial charge in [0, 0.05) is 24.5 Å². The minimum Gasteiger partial charge on any atom is -0.296 e. The lowest BCUT2D eigenvalue weighted by Gasteiger charge is -2.48. The number of rotatable bonds is 9. The summed E-state index contributed by atoms with van der Waals surface area (Å²) >= 11 is 0. The molecule has 1 aliphatic carbocycles. The molecule has 0 bridgehead atoms. The largest absolute Gasteiger partial charge is 0.296 e.